The van der Waals surface area contributed by atoms with Crippen molar-refractivity contribution in [3.63, 3.8) is 0 Å². The molecule has 114 valence electrons. The van der Waals surface area contributed by atoms with Crippen LogP contribution in [0.3, 0.4) is 0 Å². The van der Waals surface area contributed by atoms with Gasteiger partial charge in [-0.25, -0.2) is 0 Å². The Morgan fingerprint density at radius 2 is 1.90 bits per heavy atom. The van der Waals surface area contributed by atoms with Crippen LogP contribution >= 0.6 is 0 Å². The fourth-order valence-corrected chi connectivity index (χ4v) is 2.25. The van der Waals surface area contributed by atoms with Crippen molar-refractivity contribution in [3.8, 4) is 0 Å². The third kappa shape index (κ3) is 6.51. The summed E-state index contributed by atoms with van der Waals surface area (Å²) >= 11 is 0. The molecule has 3 nitrogen and oxygen atoms in total. The number of hydrogen-bond donors (Lipinski definition) is 2. The monoisotopic (exact) mass is 279 g/mol. The smallest absolute Gasteiger partial charge is 0.0765 e. The molecule has 20 heavy (non-hydrogen) atoms. The van der Waals surface area contributed by atoms with Crippen molar-refractivity contribution >= 4 is 0 Å². The summed E-state index contributed by atoms with van der Waals surface area (Å²) in [7, 11) is 1.66. The average Bonchev–Trinajstić information content (AvgIpc) is 2.42. The quantitative estimate of drug-likeness (QED) is 0.729. The molecule has 0 fully saturated rings. The van der Waals surface area contributed by atoms with E-state index in [1.165, 1.54) is 5.56 Å². The molecule has 0 aliphatic carbocycles. The van der Waals surface area contributed by atoms with E-state index in [-0.39, 0.29) is 6.04 Å². The van der Waals surface area contributed by atoms with E-state index in [0.29, 0.717) is 25.5 Å². The van der Waals surface area contributed by atoms with E-state index >= 15 is 0 Å². The third-order valence-corrected chi connectivity index (χ3v) is 3.48. The third-order valence-electron chi connectivity index (χ3n) is 3.48. The molecule has 0 heterocycles. The second-order valence-corrected chi connectivity index (χ2v) is 6.21. The molecule has 0 aromatic heterocycles. The van der Waals surface area contributed by atoms with Crippen molar-refractivity contribution in [3.05, 3.63) is 35.9 Å². The van der Waals surface area contributed by atoms with Crippen LogP contribution in [0.2, 0.25) is 0 Å². The Balaban J connectivity index is 2.62. The van der Waals surface area contributed by atoms with Gasteiger partial charge in [0.25, 0.3) is 0 Å². The van der Waals surface area contributed by atoms with Gasteiger partial charge in [-0.2, -0.15) is 0 Å². The van der Waals surface area contributed by atoms with Gasteiger partial charge in [0.1, 0.15) is 0 Å². The molecule has 2 atom stereocenters. The first-order valence-electron chi connectivity index (χ1n) is 7.44. The van der Waals surface area contributed by atoms with Crippen LogP contribution in [0.5, 0.6) is 0 Å². The standard InChI is InChI=1S/C17H29NO2/c1-14(2)12-16(15-8-6-5-7-9-15)18-13-17(3,19)10-11-20-4/h5-9,14,16,18-19H,10-13H2,1-4H3. The number of ether oxygens (including phenoxy) is 1. The maximum atomic E-state index is 10.3. The van der Waals surface area contributed by atoms with E-state index in [1.54, 1.807) is 7.11 Å². The lowest BCUT2D eigenvalue weighted by atomic mass is 9.95. The molecule has 0 aliphatic heterocycles. The largest absolute Gasteiger partial charge is 0.389 e. The Bertz CT molecular complexity index is 363. The number of nitrogens with one attached hydrogen (secondary N) is 1. The van der Waals surface area contributed by atoms with Gasteiger partial charge < -0.3 is 15.2 Å². The van der Waals surface area contributed by atoms with Crippen LogP contribution in [0.15, 0.2) is 30.3 Å². The topological polar surface area (TPSA) is 41.5 Å². The van der Waals surface area contributed by atoms with Crippen LogP contribution in [0.4, 0.5) is 0 Å². The SMILES string of the molecule is COCCC(C)(O)CNC(CC(C)C)c1ccccc1. The molecule has 1 aromatic rings. The van der Waals surface area contributed by atoms with Crippen molar-refractivity contribution < 1.29 is 9.84 Å². The van der Waals surface area contributed by atoms with E-state index in [9.17, 15) is 5.11 Å². The van der Waals surface area contributed by atoms with Crippen LogP contribution < -0.4 is 5.32 Å². The highest BCUT2D eigenvalue weighted by Crippen LogP contribution is 2.22. The maximum absolute atomic E-state index is 10.3. The summed E-state index contributed by atoms with van der Waals surface area (Å²) < 4.78 is 5.05. The minimum atomic E-state index is -0.736. The van der Waals surface area contributed by atoms with Gasteiger partial charge in [-0.05, 0) is 24.8 Å². The summed E-state index contributed by atoms with van der Waals surface area (Å²) in [5.74, 6) is 0.608. The number of hydrogen-bond acceptors (Lipinski definition) is 3. The van der Waals surface area contributed by atoms with Crippen molar-refractivity contribution in [2.75, 3.05) is 20.3 Å². The summed E-state index contributed by atoms with van der Waals surface area (Å²) in [5.41, 5.74) is 0.545. The Morgan fingerprint density at radius 1 is 1.25 bits per heavy atom. The highest BCUT2D eigenvalue weighted by atomic mass is 16.5. The fraction of sp³-hybridized carbons (Fsp3) is 0.647. The van der Waals surface area contributed by atoms with Gasteiger partial charge in [0.2, 0.25) is 0 Å². The zero-order valence-corrected chi connectivity index (χ0v) is 13.2. The van der Waals surface area contributed by atoms with Crippen molar-refractivity contribution in [2.24, 2.45) is 5.92 Å². The predicted octanol–water partition coefficient (Wildman–Crippen LogP) is 3.15. The van der Waals surface area contributed by atoms with Gasteiger partial charge in [0.15, 0.2) is 0 Å². The second-order valence-electron chi connectivity index (χ2n) is 6.21. The zero-order chi connectivity index (χ0) is 15.0. The first-order valence-corrected chi connectivity index (χ1v) is 7.44. The molecule has 0 spiro atoms. The fourth-order valence-electron chi connectivity index (χ4n) is 2.25. The predicted molar refractivity (Wildman–Crippen MR) is 83.8 cm³/mol. The van der Waals surface area contributed by atoms with Crippen LogP contribution in [0.25, 0.3) is 0 Å². The van der Waals surface area contributed by atoms with Gasteiger partial charge in [-0.3, -0.25) is 0 Å². The molecule has 0 saturated carbocycles. The van der Waals surface area contributed by atoms with Gasteiger partial charge in [-0.1, -0.05) is 44.2 Å². The summed E-state index contributed by atoms with van der Waals surface area (Å²) in [5, 5.41) is 13.8. The van der Waals surface area contributed by atoms with E-state index in [2.05, 4.69) is 43.4 Å². The molecule has 0 saturated heterocycles. The van der Waals surface area contributed by atoms with Crippen LogP contribution in [-0.2, 0) is 4.74 Å². The lowest BCUT2D eigenvalue weighted by molar-refractivity contribution is 0.0221. The van der Waals surface area contributed by atoms with Crippen LogP contribution in [0.1, 0.15) is 45.2 Å². The molecule has 0 amide bonds. The highest BCUT2D eigenvalue weighted by Gasteiger charge is 2.22. The normalized spacial score (nSPS) is 16.1. The zero-order valence-electron chi connectivity index (χ0n) is 13.2. The Hall–Kier alpha value is -0.900. The van der Waals surface area contributed by atoms with E-state index in [0.717, 1.165) is 6.42 Å². The molecule has 1 rings (SSSR count). The first kappa shape index (κ1) is 17.2. The molecular formula is C17H29NO2. The molecule has 1 aromatic carbocycles. The van der Waals surface area contributed by atoms with Gasteiger partial charge in [0.05, 0.1) is 5.60 Å². The van der Waals surface area contributed by atoms with Crippen LogP contribution in [-0.4, -0.2) is 31.0 Å². The molecule has 0 aliphatic rings. The molecule has 0 bridgehead atoms. The molecule has 2 unspecified atom stereocenters. The van der Waals surface area contributed by atoms with E-state index < -0.39 is 5.60 Å². The van der Waals surface area contributed by atoms with E-state index in [4.69, 9.17) is 4.74 Å². The van der Waals surface area contributed by atoms with Gasteiger partial charge >= 0.3 is 0 Å². The summed E-state index contributed by atoms with van der Waals surface area (Å²) in [6, 6.07) is 10.7. The lowest BCUT2D eigenvalue weighted by Gasteiger charge is -2.28. The highest BCUT2D eigenvalue weighted by molar-refractivity contribution is 5.19. The maximum Gasteiger partial charge on any atom is 0.0765 e. The van der Waals surface area contributed by atoms with Gasteiger partial charge in [0, 0.05) is 32.7 Å². The van der Waals surface area contributed by atoms with Crippen molar-refractivity contribution in [1.82, 2.24) is 5.32 Å². The van der Waals surface area contributed by atoms with E-state index in [1.807, 2.05) is 13.0 Å². The molecule has 3 heteroatoms. The number of aliphatic hydroxyl groups is 1. The number of rotatable bonds is 9. The minimum Gasteiger partial charge on any atom is -0.389 e. The summed E-state index contributed by atoms with van der Waals surface area (Å²) in [6.45, 7) is 7.45. The number of methoxy groups -OCH3 is 1. The van der Waals surface area contributed by atoms with Crippen molar-refractivity contribution in [1.29, 1.82) is 0 Å². The minimum absolute atomic E-state index is 0.283. The molecular weight excluding hydrogens is 250 g/mol. The lowest BCUT2D eigenvalue weighted by Crippen LogP contribution is -2.40. The molecule has 2 N–H and O–H groups in total. The van der Waals surface area contributed by atoms with Crippen LogP contribution in [0, 0.1) is 5.92 Å². The Kier molecular flexibility index (Phi) is 7.20. The molecule has 0 radical (unpaired) electrons. The average molecular weight is 279 g/mol. The number of benzene rings is 1. The second kappa shape index (κ2) is 8.40. The Labute approximate surface area is 123 Å². The summed E-state index contributed by atoms with van der Waals surface area (Å²) in [4.78, 5) is 0. The van der Waals surface area contributed by atoms with Crippen molar-refractivity contribution in [2.45, 2.75) is 45.3 Å². The first-order chi connectivity index (χ1) is 9.44. The van der Waals surface area contributed by atoms with Gasteiger partial charge in [-0.15, -0.1) is 0 Å². The Morgan fingerprint density at radius 3 is 2.45 bits per heavy atom. The summed E-state index contributed by atoms with van der Waals surface area (Å²) in [6.07, 6.45) is 1.70.